The molecule has 110 valence electrons. The first-order valence-corrected chi connectivity index (χ1v) is 6.59. The van der Waals surface area contributed by atoms with Crippen molar-refractivity contribution in [1.29, 1.82) is 0 Å². The largest absolute Gasteiger partial charge is 0.416 e. The Labute approximate surface area is 115 Å². The van der Waals surface area contributed by atoms with Crippen LogP contribution in [0.15, 0.2) is 24.3 Å². The Bertz CT molecular complexity index is 470. The number of amides is 1. The first-order valence-electron chi connectivity index (χ1n) is 6.59. The Morgan fingerprint density at radius 3 is 2.50 bits per heavy atom. The maximum absolute atomic E-state index is 12.4. The summed E-state index contributed by atoms with van der Waals surface area (Å²) in [5, 5.41) is 5.78. The van der Waals surface area contributed by atoms with Gasteiger partial charge in [0.2, 0.25) is 5.91 Å². The van der Waals surface area contributed by atoms with Crippen molar-refractivity contribution in [3.05, 3.63) is 29.8 Å². The molecule has 1 aromatic carbocycles. The molecular weight excluding hydrogens is 269 g/mol. The van der Waals surface area contributed by atoms with Gasteiger partial charge in [-0.15, -0.1) is 0 Å². The molecule has 1 fully saturated rings. The molecular formula is C14H17F3N2O. The molecule has 2 atom stereocenters. The fourth-order valence-electron chi connectivity index (χ4n) is 2.36. The Morgan fingerprint density at radius 2 is 1.95 bits per heavy atom. The molecule has 1 amide bonds. The average Bonchev–Trinajstić information content (AvgIpc) is 2.38. The van der Waals surface area contributed by atoms with Crippen LogP contribution in [0.1, 0.15) is 25.3 Å². The highest BCUT2D eigenvalue weighted by Crippen LogP contribution is 2.29. The van der Waals surface area contributed by atoms with Crippen LogP contribution in [0.2, 0.25) is 0 Å². The molecule has 1 heterocycles. The molecule has 6 heteroatoms. The monoisotopic (exact) mass is 286 g/mol. The van der Waals surface area contributed by atoms with Crippen LogP contribution < -0.4 is 10.6 Å². The predicted octanol–water partition coefficient (Wildman–Crippen LogP) is 3.03. The van der Waals surface area contributed by atoms with Crippen molar-refractivity contribution in [3.8, 4) is 0 Å². The number of halogens is 3. The number of anilines is 1. The van der Waals surface area contributed by atoms with Crippen LogP contribution in [0, 0.1) is 5.92 Å². The maximum atomic E-state index is 12.4. The van der Waals surface area contributed by atoms with Crippen LogP contribution in [0.3, 0.4) is 0 Å². The highest BCUT2D eigenvalue weighted by molar-refractivity contribution is 5.95. The zero-order chi connectivity index (χ0) is 14.8. The van der Waals surface area contributed by atoms with Crippen molar-refractivity contribution in [3.63, 3.8) is 0 Å². The summed E-state index contributed by atoms with van der Waals surface area (Å²) in [6.07, 6.45) is -2.36. The van der Waals surface area contributed by atoms with E-state index in [-0.39, 0.29) is 17.9 Å². The van der Waals surface area contributed by atoms with Crippen LogP contribution in [0.4, 0.5) is 18.9 Å². The molecule has 3 nitrogen and oxygen atoms in total. The lowest BCUT2D eigenvalue weighted by molar-refractivity contribution is -0.137. The van der Waals surface area contributed by atoms with E-state index < -0.39 is 11.7 Å². The standard InChI is InChI=1S/C14H17F3N2O/c1-9-3-2-8-18-12(9)13(20)19-11-6-4-10(5-7-11)14(15,16)17/h4-7,9,12,18H,2-3,8H2,1H3,(H,19,20). The molecule has 1 saturated heterocycles. The SMILES string of the molecule is CC1CCCNC1C(=O)Nc1ccc(C(F)(F)F)cc1. The second kappa shape index (κ2) is 5.83. The summed E-state index contributed by atoms with van der Waals surface area (Å²) in [5.41, 5.74) is -0.345. The van der Waals surface area contributed by atoms with Crippen LogP contribution in [0.25, 0.3) is 0 Å². The van der Waals surface area contributed by atoms with Gasteiger partial charge in [-0.05, 0) is 49.6 Å². The molecule has 1 aliphatic heterocycles. The normalized spacial score (nSPS) is 23.4. The van der Waals surface area contributed by atoms with E-state index in [1.165, 1.54) is 12.1 Å². The Hall–Kier alpha value is -1.56. The van der Waals surface area contributed by atoms with E-state index in [2.05, 4.69) is 10.6 Å². The predicted molar refractivity (Wildman–Crippen MR) is 70.3 cm³/mol. The third kappa shape index (κ3) is 3.50. The lowest BCUT2D eigenvalue weighted by Gasteiger charge is -2.28. The second-order valence-corrected chi connectivity index (χ2v) is 5.12. The van der Waals surface area contributed by atoms with E-state index in [0.717, 1.165) is 31.5 Å². The number of piperidine rings is 1. The number of alkyl halides is 3. The van der Waals surface area contributed by atoms with Gasteiger partial charge in [-0.1, -0.05) is 6.92 Å². The fourth-order valence-corrected chi connectivity index (χ4v) is 2.36. The van der Waals surface area contributed by atoms with Crippen molar-refractivity contribution in [2.45, 2.75) is 32.0 Å². The van der Waals surface area contributed by atoms with Crippen LogP contribution >= 0.6 is 0 Å². The molecule has 1 aromatic rings. The minimum atomic E-state index is -4.36. The molecule has 0 aliphatic carbocycles. The van der Waals surface area contributed by atoms with Crippen LogP contribution in [-0.4, -0.2) is 18.5 Å². The quantitative estimate of drug-likeness (QED) is 0.877. The summed E-state index contributed by atoms with van der Waals surface area (Å²) in [7, 11) is 0. The highest BCUT2D eigenvalue weighted by Gasteiger charge is 2.30. The number of carbonyl (C=O) groups is 1. The average molecular weight is 286 g/mol. The van der Waals surface area contributed by atoms with E-state index in [1.54, 1.807) is 0 Å². The van der Waals surface area contributed by atoms with E-state index in [9.17, 15) is 18.0 Å². The van der Waals surface area contributed by atoms with Crippen molar-refractivity contribution >= 4 is 11.6 Å². The lowest BCUT2D eigenvalue weighted by Crippen LogP contribution is -2.48. The maximum Gasteiger partial charge on any atom is 0.416 e. The third-order valence-electron chi connectivity index (χ3n) is 3.53. The molecule has 2 N–H and O–H groups in total. The van der Waals surface area contributed by atoms with Gasteiger partial charge in [-0.25, -0.2) is 0 Å². The molecule has 2 rings (SSSR count). The van der Waals surface area contributed by atoms with E-state index in [0.29, 0.717) is 5.69 Å². The number of nitrogens with one attached hydrogen (secondary N) is 2. The van der Waals surface area contributed by atoms with E-state index >= 15 is 0 Å². The van der Waals surface area contributed by atoms with Gasteiger partial charge >= 0.3 is 6.18 Å². The second-order valence-electron chi connectivity index (χ2n) is 5.12. The highest BCUT2D eigenvalue weighted by atomic mass is 19.4. The van der Waals surface area contributed by atoms with Gasteiger partial charge < -0.3 is 10.6 Å². The Balaban J connectivity index is 2.01. The van der Waals surface area contributed by atoms with Crippen molar-refractivity contribution in [2.24, 2.45) is 5.92 Å². The molecule has 20 heavy (non-hydrogen) atoms. The number of benzene rings is 1. The number of rotatable bonds is 2. The van der Waals surface area contributed by atoms with Gasteiger partial charge in [0.25, 0.3) is 0 Å². The summed E-state index contributed by atoms with van der Waals surface area (Å²) >= 11 is 0. The summed E-state index contributed by atoms with van der Waals surface area (Å²) < 4.78 is 37.3. The first-order chi connectivity index (χ1) is 9.38. The van der Waals surface area contributed by atoms with Gasteiger partial charge in [0.15, 0.2) is 0 Å². The molecule has 0 saturated carbocycles. The summed E-state index contributed by atoms with van der Waals surface area (Å²) in [5.74, 6) is 0.0233. The van der Waals surface area contributed by atoms with Gasteiger partial charge in [0, 0.05) is 5.69 Å². The fraction of sp³-hybridized carbons (Fsp3) is 0.500. The zero-order valence-corrected chi connectivity index (χ0v) is 11.1. The summed E-state index contributed by atoms with van der Waals surface area (Å²) in [4.78, 5) is 12.1. The minimum Gasteiger partial charge on any atom is -0.325 e. The van der Waals surface area contributed by atoms with E-state index in [1.807, 2.05) is 6.92 Å². The van der Waals surface area contributed by atoms with Gasteiger partial charge in [-0.3, -0.25) is 4.79 Å². The number of hydrogen-bond acceptors (Lipinski definition) is 2. The van der Waals surface area contributed by atoms with Crippen LogP contribution in [-0.2, 0) is 11.0 Å². The smallest absolute Gasteiger partial charge is 0.325 e. The molecule has 0 spiro atoms. The van der Waals surface area contributed by atoms with E-state index in [4.69, 9.17) is 0 Å². The van der Waals surface area contributed by atoms with Crippen molar-refractivity contribution in [2.75, 3.05) is 11.9 Å². The topological polar surface area (TPSA) is 41.1 Å². The molecule has 1 aliphatic rings. The molecule has 0 bridgehead atoms. The molecule has 2 unspecified atom stereocenters. The molecule has 0 aromatic heterocycles. The summed E-state index contributed by atoms with van der Waals surface area (Å²) in [6, 6.07) is 4.19. The molecule has 0 radical (unpaired) electrons. The zero-order valence-electron chi connectivity index (χ0n) is 11.1. The van der Waals surface area contributed by atoms with Gasteiger partial charge in [0.1, 0.15) is 0 Å². The van der Waals surface area contributed by atoms with Crippen molar-refractivity contribution in [1.82, 2.24) is 5.32 Å². The van der Waals surface area contributed by atoms with Crippen molar-refractivity contribution < 1.29 is 18.0 Å². The lowest BCUT2D eigenvalue weighted by atomic mass is 9.92. The van der Waals surface area contributed by atoms with Gasteiger partial charge in [-0.2, -0.15) is 13.2 Å². The summed E-state index contributed by atoms with van der Waals surface area (Å²) in [6.45, 7) is 2.78. The number of hydrogen-bond donors (Lipinski definition) is 2. The third-order valence-corrected chi connectivity index (χ3v) is 3.53. The van der Waals surface area contributed by atoms with Crippen LogP contribution in [0.5, 0.6) is 0 Å². The number of carbonyl (C=O) groups excluding carboxylic acids is 1. The van der Waals surface area contributed by atoms with Gasteiger partial charge in [0.05, 0.1) is 11.6 Å². The Morgan fingerprint density at radius 1 is 1.30 bits per heavy atom. The Kier molecular flexibility index (Phi) is 4.32. The minimum absolute atomic E-state index is 0.197. The first kappa shape index (κ1) is 14.8.